The SMILES string of the molecule is CC(=O)O[C@H]1CC[C@]2(C)[C@H]3Cc4c(cc(-c5ccccc5)oc4=O)O[C@]3(C)CC[C@H]2C1(C)C. The van der Waals surface area contributed by atoms with Crippen LogP contribution in [0.5, 0.6) is 5.75 Å². The summed E-state index contributed by atoms with van der Waals surface area (Å²) in [4.78, 5) is 24.8. The Hall–Kier alpha value is -2.56. The van der Waals surface area contributed by atoms with Crippen molar-refractivity contribution >= 4 is 5.97 Å². The summed E-state index contributed by atoms with van der Waals surface area (Å²) in [5.74, 6) is 1.57. The minimum absolute atomic E-state index is 0.0185. The second-order valence-electron chi connectivity index (χ2n) is 11.3. The molecular weight excluding hydrogens is 416 g/mol. The normalized spacial score (nSPS) is 34.3. The molecule has 0 radical (unpaired) electrons. The lowest BCUT2D eigenvalue weighted by atomic mass is 9.44. The van der Waals surface area contributed by atoms with Crippen LogP contribution in [0.1, 0.15) is 65.9 Å². The first-order valence-corrected chi connectivity index (χ1v) is 12.1. The highest BCUT2D eigenvalue weighted by molar-refractivity contribution is 5.66. The highest BCUT2D eigenvalue weighted by atomic mass is 16.5. The number of fused-ring (bicyclic) bond motifs is 4. The zero-order valence-corrected chi connectivity index (χ0v) is 20.3. The molecule has 0 saturated heterocycles. The fourth-order valence-electron chi connectivity index (χ4n) is 7.44. The minimum Gasteiger partial charge on any atom is -0.487 e. The summed E-state index contributed by atoms with van der Waals surface area (Å²) in [6, 6.07) is 11.6. The van der Waals surface area contributed by atoms with Gasteiger partial charge in [0.15, 0.2) is 0 Å². The third-order valence-corrected chi connectivity index (χ3v) is 9.06. The van der Waals surface area contributed by atoms with Gasteiger partial charge in [-0.3, -0.25) is 4.79 Å². The van der Waals surface area contributed by atoms with Gasteiger partial charge in [-0.25, -0.2) is 4.79 Å². The van der Waals surface area contributed by atoms with Crippen LogP contribution in [0.2, 0.25) is 0 Å². The average molecular weight is 451 g/mol. The van der Waals surface area contributed by atoms with E-state index in [-0.39, 0.29) is 40.0 Å². The Morgan fingerprint density at radius 1 is 1.03 bits per heavy atom. The third kappa shape index (κ3) is 3.43. The van der Waals surface area contributed by atoms with Crippen LogP contribution in [0, 0.1) is 22.7 Å². The quantitative estimate of drug-likeness (QED) is 0.542. The van der Waals surface area contributed by atoms with Crippen molar-refractivity contribution in [3.05, 3.63) is 52.4 Å². The van der Waals surface area contributed by atoms with Gasteiger partial charge in [0, 0.05) is 29.9 Å². The van der Waals surface area contributed by atoms with Crippen molar-refractivity contribution in [2.45, 2.75) is 78.4 Å². The van der Waals surface area contributed by atoms with Crippen molar-refractivity contribution in [2.75, 3.05) is 0 Å². The molecule has 176 valence electrons. The maximum absolute atomic E-state index is 13.1. The van der Waals surface area contributed by atoms with E-state index in [2.05, 4.69) is 27.7 Å². The van der Waals surface area contributed by atoms with E-state index >= 15 is 0 Å². The van der Waals surface area contributed by atoms with Crippen LogP contribution in [-0.4, -0.2) is 17.7 Å². The van der Waals surface area contributed by atoms with Gasteiger partial charge in [-0.15, -0.1) is 0 Å². The molecule has 2 aromatic rings. The Bertz CT molecular complexity index is 1130. The van der Waals surface area contributed by atoms with Crippen molar-refractivity contribution in [3.8, 4) is 17.1 Å². The number of benzene rings is 1. The molecule has 5 nitrogen and oxygen atoms in total. The second kappa shape index (κ2) is 7.48. The summed E-state index contributed by atoms with van der Waals surface area (Å²) in [5, 5.41) is 0. The lowest BCUT2D eigenvalue weighted by Crippen LogP contribution is -2.64. The van der Waals surface area contributed by atoms with Gasteiger partial charge < -0.3 is 13.9 Å². The van der Waals surface area contributed by atoms with E-state index in [1.165, 1.54) is 6.92 Å². The zero-order valence-electron chi connectivity index (χ0n) is 20.3. The predicted octanol–water partition coefficient (Wildman–Crippen LogP) is 5.78. The Labute approximate surface area is 195 Å². The molecule has 2 fully saturated rings. The first kappa shape index (κ1) is 22.2. The van der Waals surface area contributed by atoms with Crippen LogP contribution < -0.4 is 10.4 Å². The summed E-state index contributed by atoms with van der Waals surface area (Å²) in [6.07, 6.45) is 4.29. The molecule has 0 bridgehead atoms. The van der Waals surface area contributed by atoms with Gasteiger partial charge in [0.2, 0.25) is 0 Å². The van der Waals surface area contributed by atoms with Crippen molar-refractivity contribution in [3.63, 3.8) is 0 Å². The van der Waals surface area contributed by atoms with Gasteiger partial charge in [0.25, 0.3) is 0 Å². The van der Waals surface area contributed by atoms with Gasteiger partial charge >= 0.3 is 11.6 Å². The Morgan fingerprint density at radius 3 is 2.45 bits per heavy atom. The molecule has 0 spiro atoms. The van der Waals surface area contributed by atoms with E-state index in [4.69, 9.17) is 13.9 Å². The summed E-state index contributed by atoms with van der Waals surface area (Å²) >= 11 is 0. The molecule has 5 heteroatoms. The van der Waals surface area contributed by atoms with Gasteiger partial charge in [0.1, 0.15) is 23.2 Å². The molecule has 2 aliphatic carbocycles. The first-order valence-electron chi connectivity index (χ1n) is 12.1. The first-order chi connectivity index (χ1) is 15.5. The molecule has 1 aromatic carbocycles. The van der Waals surface area contributed by atoms with Gasteiger partial charge in [-0.05, 0) is 50.4 Å². The summed E-state index contributed by atoms with van der Waals surface area (Å²) < 4.78 is 18.2. The van der Waals surface area contributed by atoms with E-state index in [0.29, 0.717) is 29.4 Å². The van der Waals surface area contributed by atoms with Gasteiger partial charge in [0.05, 0.1) is 5.56 Å². The topological polar surface area (TPSA) is 65.7 Å². The molecule has 33 heavy (non-hydrogen) atoms. The van der Waals surface area contributed by atoms with Gasteiger partial charge in [-0.2, -0.15) is 0 Å². The molecule has 2 heterocycles. The third-order valence-electron chi connectivity index (χ3n) is 9.06. The van der Waals surface area contributed by atoms with E-state index < -0.39 is 0 Å². The largest absolute Gasteiger partial charge is 0.487 e. The molecule has 5 rings (SSSR count). The Kier molecular flexibility index (Phi) is 5.04. The average Bonchev–Trinajstić information content (AvgIpc) is 2.75. The van der Waals surface area contributed by atoms with Crippen molar-refractivity contribution in [1.29, 1.82) is 0 Å². The molecule has 0 amide bonds. The van der Waals surface area contributed by atoms with Crippen LogP contribution in [0.3, 0.4) is 0 Å². The predicted molar refractivity (Wildman–Crippen MR) is 126 cm³/mol. The maximum Gasteiger partial charge on any atom is 0.343 e. The van der Waals surface area contributed by atoms with Crippen LogP contribution in [0.25, 0.3) is 11.3 Å². The summed E-state index contributed by atoms with van der Waals surface area (Å²) in [5.41, 5.74) is 0.724. The van der Waals surface area contributed by atoms with Gasteiger partial charge in [-0.1, -0.05) is 51.1 Å². The number of rotatable bonds is 2. The fraction of sp³-hybridized carbons (Fsp3) is 0.571. The molecule has 2 saturated carbocycles. The molecule has 0 unspecified atom stereocenters. The highest BCUT2D eigenvalue weighted by Gasteiger charge is 2.63. The van der Waals surface area contributed by atoms with Crippen LogP contribution in [0.15, 0.2) is 45.6 Å². The monoisotopic (exact) mass is 450 g/mol. The van der Waals surface area contributed by atoms with Crippen molar-refractivity contribution in [2.24, 2.45) is 22.7 Å². The number of esters is 1. The molecular formula is C28H34O5. The minimum atomic E-state index is -0.343. The number of ether oxygens (including phenoxy) is 2. The molecule has 0 N–H and O–H groups in total. The number of hydrogen-bond donors (Lipinski definition) is 0. The number of carbonyl (C=O) groups is 1. The lowest BCUT2D eigenvalue weighted by Gasteiger charge is -2.64. The van der Waals surface area contributed by atoms with E-state index in [0.717, 1.165) is 31.2 Å². The smallest absolute Gasteiger partial charge is 0.343 e. The second-order valence-corrected chi connectivity index (χ2v) is 11.3. The summed E-state index contributed by atoms with van der Waals surface area (Å²) in [6.45, 7) is 10.5. The fourth-order valence-corrected chi connectivity index (χ4v) is 7.44. The highest BCUT2D eigenvalue weighted by Crippen LogP contribution is 2.64. The van der Waals surface area contributed by atoms with Crippen molar-refractivity contribution in [1.82, 2.24) is 0 Å². The molecule has 1 aromatic heterocycles. The molecule has 3 aliphatic rings. The summed E-state index contributed by atoms with van der Waals surface area (Å²) in [7, 11) is 0. The Morgan fingerprint density at radius 2 is 1.76 bits per heavy atom. The Balaban J connectivity index is 1.52. The molecule has 5 atom stereocenters. The standard InChI is InChI=1S/C28H34O5/c1-17(29)31-24-12-13-27(4)22(26(24,2)3)11-14-28(5)23(27)15-19-21(33-28)16-20(32-25(19)30)18-9-7-6-8-10-18/h6-10,16,22-24H,11-15H2,1-5H3/t22-,23+,24-,27-,28+/m0/s1. The molecule has 1 aliphatic heterocycles. The van der Waals surface area contributed by atoms with E-state index in [1.807, 2.05) is 36.4 Å². The van der Waals surface area contributed by atoms with E-state index in [9.17, 15) is 9.59 Å². The van der Waals surface area contributed by atoms with Crippen molar-refractivity contribution < 1.29 is 18.7 Å². The lowest BCUT2D eigenvalue weighted by molar-refractivity contribution is -0.204. The van der Waals surface area contributed by atoms with E-state index in [1.54, 1.807) is 0 Å². The number of carbonyl (C=O) groups excluding carboxylic acids is 1. The number of hydrogen-bond acceptors (Lipinski definition) is 5. The zero-order chi connectivity index (χ0) is 23.6. The maximum atomic E-state index is 13.1. The van der Waals surface area contributed by atoms with Crippen LogP contribution in [0.4, 0.5) is 0 Å². The van der Waals surface area contributed by atoms with Crippen LogP contribution >= 0.6 is 0 Å². The van der Waals surface area contributed by atoms with Crippen LogP contribution in [-0.2, 0) is 16.0 Å².